The highest BCUT2D eigenvalue weighted by atomic mass is 79.9. The minimum absolute atomic E-state index is 0.0508. The molecule has 0 saturated carbocycles. The monoisotopic (exact) mass is 369 g/mol. The molecule has 3 N–H and O–H groups in total. The molecule has 0 atom stereocenters. The second-order valence-corrected chi connectivity index (χ2v) is 5.80. The summed E-state index contributed by atoms with van der Waals surface area (Å²) in [5.74, 6) is -0.202. The van der Waals surface area contributed by atoms with Crippen LogP contribution in [0.5, 0.6) is 5.75 Å². The van der Waals surface area contributed by atoms with Crippen molar-refractivity contribution in [2.45, 2.75) is 6.42 Å². The van der Waals surface area contributed by atoms with Crippen LogP contribution in [0.1, 0.15) is 16.1 Å². The maximum atomic E-state index is 12.2. The van der Waals surface area contributed by atoms with E-state index in [0.717, 1.165) is 0 Å². The van der Waals surface area contributed by atoms with Gasteiger partial charge < -0.3 is 10.5 Å². The number of rotatable bonds is 5. The van der Waals surface area contributed by atoms with E-state index in [0.29, 0.717) is 26.6 Å². The number of primary amides is 1. The molecule has 0 spiro atoms. The third kappa shape index (κ3) is 4.02. The van der Waals surface area contributed by atoms with Crippen molar-refractivity contribution in [2.75, 3.05) is 12.4 Å². The second-order valence-electron chi connectivity index (χ2n) is 4.09. The Bertz CT molecular complexity index is 687. The van der Waals surface area contributed by atoms with Crippen LogP contribution in [0.2, 0.25) is 0 Å². The van der Waals surface area contributed by atoms with Gasteiger partial charge in [-0.25, -0.2) is 4.98 Å². The van der Waals surface area contributed by atoms with Crippen LogP contribution >= 0.6 is 27.3 Å². The first kappa shape index (κ1) is 15.5. The number of ether oxygens (including phenoxy) is 1. The number of halogens is 1. The number of aromatic nitrogens is 1. The van der Waals surface area contributed by atoms with Crippen molar-refractivity contribution >= 4 is 44.2 Å². The molecule has 0 aliphatic heterocycles. The van der Waals surface area contributed by atoms with E-state index in [1.807, 2.05) is 0 Å². The van der Waals surface area contributed by atoms with Gasteiger partial charge in [0, 0.05) is 9.85 Å². The molecule has 8 heteroatoms. The van der Waals surface area contributed by atoms with Gasteiger partial charge in [0.1, 0.15) is 5.75 Å². The van der Waals surface area contributed by atoms with E-state index in [9.17, 15) is 9.59 Å². The number of nitrogens with two attached hydrogens (primary N) is 1. The van der Waals surface area contributed by atoms with Gasteiger partial charge in [0.2, 0.25) is 5.91 Å². The van der Waals surface area contributed by atoms with Crippen LogP contribution < -0.4 is 15.8 Å². The molecule has 1 heterocycles. The average Bonchev–Trinajstić information content (AvgIpc) is 2.85. The van der Waals surface area contributed by atoms with Crippen LogP contribution in [-0.4, -0.2) is 23.9 Å². The van der Waals surface area contributed by atoms with Crippen LogP contribution in [0.15, 0.2) is 28.1 Å². The Morgan fingerprint density at radius 3 is 2.90 bits per heavy atom. The third-order valence-corrected chi connectivity index (χ3v) is 4.04. The number of anilines is 1. The van der Waals surface area contributed by atoms with Crippen molar-refractivity contribution in [3.8, 4) is 5.75 Å². The van der Waals surface area contributed by atoms with Gasteiger partial charge in [0.05, 0.1) is 24.8 Å². The second kappa shape index (κ2) is 6.68. The molecule has 2 rings (SSSR count). The van der Waals surface area contributed by atoms with E-state index in [1.54, 1.807) is 23.6 Å². The molecule has 21 heavy (non-hydrogen) atoms. The van der Waals surface area contributed by atoms with Crippen LogP contribution in [-0.2, 0) is 11.2 Å². The van der Waals surface area contributed by atoms with Gasteiger partial charge >= 0.3 is 0 Å². The van der Waals surface area contributed by atoms with E-state index in [-0.39, 0.29) is 12.3 Å². The number of carbonyl (C=O) groups excluding carboxylic acids is 2. The molecule has 2 amide bonds. The Kier molecular flexibility index (Phi) is 4.92. The van der Waals surface area contributed by atoms with Gasteiger partial charge in [-0.15, -0.1) is 11.3 Å². The molecular weight excluding hydrogens is 358 g/mol. The zero-order valence-corrected chi connectivity index (χ0v) is 13.5. The lowest BCUT2D eigenvalue weighted by Crippen LogP contribution is -2.15. The molecule has 1 aromatic carbocycles. The molecule has 110 valence electrons. The number of thiazole rings is 1. The number of nitrogens with one attached hydrogen (secondary N) is 1. The predicted octanol–water partition coefficient (Wildman–Crippen LogP) is 2.19. The van der Waals surface area contributed by atoms with Gasteiger partial charge in [-0.2, -0.15) is 0 Å². The van der Waals surface area contributed by atoms with E-state index >= 15 is 0 Å². The lowest BCUT2D eigenvalue weighted by Gasteiger charge is -2.06. The SMILES string of the molecule is COc1ccc(Br)c(C(=O)Nc2nc(CC(N)=O)cs2)c1. The summed E-state index contributed by atoms with van der Waals surface area (Å²) in [6.45, 7) is 0. The van der Waals surface area contributed by atoms with Crippen LogP contribution in [0.25, 0.3) is 0 Å². The molecule has 0 aliphatic rings. The van der Waals surface area contributed by atoms with Gasteiger partial charge in [-0.05, 0) is 34.1 Å². The molecule has 2 aromatic rings. The van der Waals surface area contributed by atoms with Crippen molar-refractivity contribution in [1.29, 1.82) is 0 Å². The smallest absolute Gasteiger partial charge is 0.258 e. The Hall–Kier alpha value is -1.93. The lowest BCUT2D eigenvalue weighted by molar-refractivity contribution is -0.117. The van der Waals surface area contributed by atoms with Crippen molar-refractivity contribution < 1.29 is 14.3 Å². The highest BCUT2D eigenvalue weighted by Crippen LogP contribution is 2.24. The van der Waals surface area contributed by atoms with Crippen molar-refractivity contribution in [3.05, 3.63) is 39.3 Å². The van der Waals surface area contributed by atoms with Crippen LogP contribution in [0.3, 0.4) is 0 Å². The van der Waals surface area contributed by atoms with Gasteiger partial charge in [-0.3, -0.25) is 14.9 Å². The Morgan fingerprint density at radius 1 is 1.48 bits per heavy atom. The first-order valence-electron chi connectivity index (χ1n) is 5.87. The van der Waals surface area contributed by atoms with E-state index < -0.39 is 5.91 Å². The number of nitrogens with zero attached hydrogens (tertiary/aromatic N) is 1. The molecule has 0 saturated heterocycles. The number of methoxy groups -OCH3 is 1. The van der Waals surface area contributed by atoms with Crippen LogP contribution in [0.4, 0.5) is 5.13 Å². The Labute approximate surface area is 133 Å². The van der Waals surface area contributed by atoms with E-state index in [2.05, 4.69) is 26.2 Å². The highest BCUT2D eigenvalue weighted by Gasteiger charge is 2.14. The zero-order chi connectivity index (χ0) is 15.4. The van der Waals surface area contributed by atoms with Crippen molar-refractivity contribution in [2.24, 2.45) is 5.73 Å². The normalized spacial score (nSPS) is 10.2. The minimum atomic E-state index is -0.464. The number of hydrogen-bond acceptors (Lipinski definition) is 5. The summed E-state index contributed by atoms with van der Waals surface area (Å²) in [5.41, 5.74) is 6.06. The molecular formula is C13H12BrN3O3S. The van der Waals surface area contributed by atoms with E-state index in [1.165, 1.54) is 18.4 Å². The van der Waals surface area contributed by atoms with Crippen molar-refractivity contribution in [3.63, 3.8) is 0 Å². The van der Waals surface area contributed by atoms with Gasteiger partial charge in [0.25, 0.3) is 5.91 Å². The van der Waals surface area contributed by atoms with Gasteiger partial charge in [0.15, 0.2) is 5.13 Å². The summed E-state index contributed by atoms with van der Waals surface area (Å²) in [6, 6.07) is 5.10. The predicted molar refractivity (Wildman–Crippen MR) is 83.7 cm³/mol. The summed E-state index contributed by atoms with van der Waals surface area (Å²) in [5, 5.41) is 4.76. The third-order valence-electron chi connectivity index (χ3n) is 2.55. The quantitative estimate of drug-likeness (QED) is 0.844. The molecule has 0 fully saturated rings. The molecule has 6 nitrogen and oxygen atoms in total. The fourth-order valence-electron chi connectivity index (χ4n) is 1.59. The number of amides is 2. The average molecular weight is 370 g/mol. The topological polar surface area (TPSA) is 94.3 Å². The molecule has 0 bridgehead atoms. The van der Waals surface area contributed by atoms with Crippen molar-refractivity contribution in [1.82, 2.24) is 4.98 Å². The maximum absolute atomic E-state index is 12.2. The minimum Gasteiger partial charge on any atom is -0.497 e. The summed E-state index contributed by atoms with van der Waals surface area (Å²) in [4.78, 5) is 27.2. The molecule has 0 aliphatic carbocycles. The first-order valence-corrected chi connectivity index (χ1v) is 7.54. The molecule has 0 unspecified atom stereocenters. The highest BCUT2D eigenvalue weighted by molar-refractivity contribution is 9.10. The molecule has 0 radical (unpaired) electrons. The number of benzene rings is 1. The number of carbonyl (C=O) groups is 2. The fraction of sp³-hybridized carbons (Fsp3) is 0.154. The first-order chi connectivity index (χ1) is 9.99. The van der Waals surface area contributed by atoms with E-state index in [4.69, 9.17) is 10.5 Å². The standard InChI is InChI=1S/C13H12BrN3O3S/c1-20-8-2-3-10(14)9(5-8)12(19)17-13-16-7(6-21-13)4-11(15)18/h2-3,5-6H,4H2,1H3,(H2,15,18)(H,16,17,19). The summed E-state index contributed by atoms with van der Waals surface area (Å²) >= 11 is 4.55. The lowest BCUT2D eigenvalue weighted by atomic mass is 10.2. The summed E-state index contributed by atoms with van der Waals surface area (Å²) < 4.78 is 5.74. The summed E-state index contributed by atoms with van der Waals surface area (Å²) in [6.07, 6.45) is 0.0508. The largest absolute Gasteiger partial charge is 0.497 e. The fourth-order valence-corrected chi connectivity index (χ4v) is 2.73. The maximum Gasteiger partial charge on any atom is 0.258 e. The van der Waals surface area contributed by atoms with Gasteiger partial charge in [-0.1, -0.05) is 0 Å². The van der Waals surface area contributed by atoms with Crippen LogP contribution in [0, 0.1) is 0 Å². The zero-order valence-electron chi connectivity index (χ0n) is 11.1. The molecule has 1 aromatic heterocycles. The number of hydrogen-bond donors (Lipinski definition) is 2. The summed E-state index contributed by atoms with van der Waals surface area (Å²) in [7, 11) is 1.53. The Morgan fingerprint density at radius 2 is 2.24 bits per heavy atom. The Balaban J connectivity index is 2.14.